The Kier molecular flexibility index (Phi) is 11.3. The maximum atomic E-state index is 14.2. The minimum Gasteiger partial charge on any atom is -0.433 e. The second kappa shape index (κ2) is 15.1. The largest absolute Gasteiger partial charge is 0.433 e. The highest BCUT2D eigenvalue weighted by molar-refractivity contribution is 6.01. The SMILES string of the molecule is CN(C)Cc1nc(-c2ccccc2)oc1C(=O)C(CCc1ccccc1)NC(=O)C(CC(C)(C)C)NC(=O)N1CCOCC1. The molecular weight excluding hydrogens is 558 g/mol. The fourth-order valence-corrected chi connectivity index (χ4v) is 5.14. The van der Waals surface area contributed by atoms with Crippen LogP contribution in [-0.2, 0) is 22.5 Å². The number of nitrogens with one attached hydrogen (secondary N) is 2. The third kappa shape index (κ3) is 9.49. The number of hydrogen-bond acceptors (Lipinski definition) is 7. The van der Waals surface area contributed by atoms with Crippen molar-refractivity contribution >= 4 is 17.7 Å². The highest BCUT2D eigenvalue weighted by Gasteiger charge is 2.34. The van der Waals surface area contributed by atoms with Crippen molar-refractivity contribution in [3.05, 3.63) is 77.7 Å². The molecule has 3 aromatic rings. The Morgan fingerprint density at radius 3 is 2.18 bits per heavy atom. The molecule has 0 aliphatic carbocycles. The van der Waals surface area contributed by atoms with Gasteiger partial charge in [0.1, 0.15) is 11.7 Å². The van der Waals surface area contributed by atoms with E-state index < -0.39 is 18.0 Å². The molecule has 1 aliphatic rings. The van der Waals surface area contributed by atoms with Gasteiger partial charge in [-0.3, -0.25) is 9.59 Å². The third-order valence-electron chi connectivity index (χ3n) is 7.33. The number of amides is 3. The molecule has 0 saturated carbocycles. The minimum absolute atomic E-state index is 0.126. The molecule has 10 nitrogen and oxygen atoms in total. The summed E-state index contributed by atoms with van der Waals surface area (Å²) < 4.78 is 11.5. The summed E-state index contributed by atoms with van der Waals surface area (Å²) in [5, 5.41) is 5.93. The van der Waals surface area contributed by atoms with Crippen LogP contribution in [0.15, 0.2) is 65.1 Å². The van der Waals surface area contributed by atoms with Crippen LogP contribution in [-0.4, -0.2) is 85.0 Å². The highest BCUT2D eigenvalue weighted by atomic mass is 16.5. The van der Waals surface area contributed by atoms with E-state index in [4.69, 9.17) is 9.15 Å². The van der Waals surface area contributed by atoms with Gasteiger partial charge in [-0.1, -0.05) is 69.3 Å². The fraction of sp³-hybridized carbons (Fsp3) is 0.471. The molecule has 236 valence electrons. The lowest BCUT2D eigenvalue weighted by Crippen LogP contribution is -2.56. The molecular formula is C34H45N5O5. The topological polar surface area (TPSA) is 117 Å². The first-order valence-electron chi connectivity index (χ1n) is 15.2. The lowest BCUT2D eigenvalue weighted by atomic mass is 9.87. The van der Waals surface area contributed by atoms with Crippen LogP contribution in [0.1, 0.15) is 55.4 Å². The molecule has 2 heterocycles. The Hall–Kier alpha value is -4.02. The number of aryl methyl sites for hydroxylation is 1. The molecule has 2 unspecified atom stereocenters. The van der Waals surface area contributed by atoms with Crippen LogP contribution in [0.5, 0.6) is 0 Å². The Balaban J connectivity index is 1.62. The molecule has 0 radical (unpaired) electrons. The second-order valence-corrected chi connectivity index (χ2v) is 12.7. The molecule has 0 spiro atoms. The quantitative estimate of drug-likeness (QED) is 0.292. The number of rotatable bonds is 12. The number of carbonyl (C=O) groups is 3. The average Bonchev–Trinajstić information content (AvgIpc) is 3.42. The Bertz CT molecular complexity index is 1380. The van der Waals surface area contributed by atoms with Crippen LogP contribution < -0.4 is 10.6 Å². The first-order valence-corrected chi connectivity index (χ1v) is 15.2. The summed E-state index contributed by atoms with van der Waals surface area (Å²) in [4.78, 5) is 49.5. The van der Waals surface area contributed by atoms with Gasteiger partial charge in [-0.2, -0.15) is 0 Å². The van der Waals surface area contributed by atoms with E-state index in [9.17, 15) is 14.4 Å². The number of nitrogens with zero attached hydrogens (tertiary/aromatic N) is 3. The van der Waals surface area contributed by atoms with Crippen LogP contribution >= 0.6 is 0 Å². The summed E-state index contributed by atoms with van der Waals surface area (Å²) in [5.41, 5.74) is 2.04. The number of Topliss-reactive ketones (excluding diaryl/α,β-unsaturated/α-hetero) is 1. The summed E-state index contributed by atoms with van der Waals surface area (Å²) in [7, 11) is 3.79. The predicted octanol–water partition coefficient (Wildman–Crippen LogP) is 4.55. The number of carbonyl (C=O) groups excluding carboxylic acids is 3. The van der Waals surface area contributed by atoms with Gasteiger partial charge in [-0.05, 0) is 56.5 Å². The first kappa shape index (κ1) is 32.9. The molecule has 0 bridgehead atoms. The lowest BCUT2D eigenvalue weighted by Gasteiger charge is -2.32. The van der Waals surface area contributed by atoms with Crippen molar-refractivity contribution in [2.24, 2.45) is 5.41 Å². The zero-order chi connectivity index (χ0) is 31.7. The summed E-state index contributed by atoms with van der Waals surface area (Å²) in [6, 6.07) is 17.2. The highest BCUT2D eigenvalue weighted by Crippen LogP contribution is 2.25. The van der Waals surface area contributed by atoms with Gasteiger partial charge >= 0.3 is 6.03 Å². The zero-order valence-corrected chi connectivity index (χ0v) is 26.5. The van der Waals surface area contributed by atoms with E-state index in [0.717, 1.165) is 11.1 Å². The van der Waals surface area contributed by atoms with Crippen molar-refractivity contribution in [1.29, 1.82) is 0 Å². The molecule has 1 aliphatic heterocycles. The van der Waals surface area contributed by atoms with Crippen molar-refractivity contribution in [2.75, 3.05) is 40.4 Å². The molecule has 1 fully saturated rings. The minimum atomic E-state index is -0.900. The number of benzene rings is 2. The van der Waals surface area contributed by atoms with E-state index >= 15 is 0 Å². The van der Waals surface area contributed by atoms with Gasteiger partial charge in [0.25, 0.3) is 0 Å². The van der Waals surface area contributed by atoms with Crippen molar-refractivity contribution in [2.45, 2.75) is 58.7 Å². The number of ketones is 1. The molecule has 10 heteroatoms. The van der Waals surface area contributed by atoms with Crippen molar-refractivity contribution in [3.8, 4) is 11.5 Å². The summed E-state index contributed by atoms with van der Waals surface area (Å²) in [6.07, 6.45) is 1.29. The fourth-order valence-electron chi connectivity index (χ4n) is 5.14. The zero-order valence-electron chi connectivity index (χ0n) is 26.5. The van der Waals surface area contributed by atoms with Gasteiger partial charge in [0.05, 0.1) is 19.3 Å². The first-order chi connectivity index (χ1) is 21.0. The second-order valence-electron chi connectivity index (χ2n) is 12.7. The van der Waals surface area contributed by atoms with Gasteiger partial charge in [0.15, 0.2) is 5.76 Å². The van der Waals surface area contributed by atoms with Crippen LogP contribution in [0.3, 0.4) is 0 Å². The molecule has 44 heavy (non-hydrogen) atoms. The molecule has 1 saturated heterocycles. The van der Waals surface area contributed by atoms with E-state index in [2.05, 4.69) is 15.6 Å². The van der Waals surface area contributed by atoms with Crippen LogP contribution in [0.4, 0.5) is 4.79 Å². The average molecular weight is 604 g/mol. The maximum absolute atomic E-state index is 14.2. The maximum Gasteiger partial charge on any atom is 0.318 e. The Morgan fingerprint density at radius 2 is 1.57 bits per heavy atom. The van der Waals surface area contributed by atoms with E-state index in [1.165, 1.54) is 0 Å². The number of morpholine rings is 1. The number of aromatic nitrogens is 1. The van der Waals surface area contributed by atoms with Gasteiger partial charge < -0.3 is 29.6 Å². The predicted molar refractivity (Wildman–Crippen MR) is 169 cm³/mol. The lowest BCUT2D eigenvalue weighted by molar-refractivity contribution is -0.124. The smallest absolute Gasteiger partial charge is 0.318 e. The Labute approximate surface area is 260 Å². The van der Waals surface area contributed by atoms with Gasteiger partial charge in [-0.15, -0.1) is 0 Å². The molecule has 2 N–H and O–H groups in total. The standard InChI is InChI=1S/C34H45N5O5/c1-34(2,3)22-27(37-33(42)39-18-20-43-21-19-39)31(41)35-26(17-16-24-12-8-6-9-13-24)29(40)30-28(23-38(4)5)36-32(44-30)25-14-10-7-11-15-25/h6-15,26-27H,16-23H2,1-5H3,(H,35,41)(H,37,42). The van der Waals surface area contributed by atoms with Gasteiger partial charge in [-0.25, -0.2) is 9.78 Å². The Morgan fingerprint density at radius 1 is 0.932 bits per heavy atom. The van der Waals surface area contributed by atoms with Crippen LogP contribution in [0.2, 0.25) is 0 Å². The van der Waals surface area contributed by atoms with E-state index in [1.54, 1.807) is 4.90 Å². The summed E-state index contributed by atoms with van der Waals surface area (Å²) in [5.74, 6) is -0.289. The monoisotopic (exact) mass is 603 g/mol. The van der Waals surface area contributed by atoms with Crippen molar-refractivity contribution in [3.63, 3.8) is 0 Å². The normalized spacial score (nSPS) is 15.1. The number of oxazole rings is 1. The molecule has 2 atom stereocenters. The summed E-state index contributed by atoms with van der Waals surface area (Å²) in [6.45, 7) is 8.25. The van der Waals surface area contributed by atoms with Crippen LogP contribution in [0.25, 0.3) is 11.5 Å². The van der Waals surface area contributed by atoms with Crippen molar-refractivity contribution in [1.82, 2.24) is 25.4 Å². The number of urea groups is 1. The van der Waals surface area contributed by atoms with E-state index in [0.29, 0.717) is 63.7 Å². The number of hydrogen-bond donors (Lipinski definition) is 2. The molecule has 3 amide bonds. The third-order valence-corrected chi connectivity index (χ3v) is 7.33. The molecule has 2 aromatic carbocycles. The van der Waals surface area contributed by atoms with Crippen molar-refractivity contribution < 1.29 is 23.5 Å². The van der Waals surface area contributed by atoms with E-state index in [1.807, 2.05) is 100 Å². The summed E-state index contributed by atoms with van der Waals surface area (Å²) >= 11 is 0. The van der Waals surface area contributed by atoms with Crippen LogP contribution in [0, 0.1) is 5.41 Å². The number of ether oxygens (including phenoxy) is 1. The van der Waals surface area contributed by atoms with Gasteiger partial charge in [0, 0.05) is 25.2 Å². The molecule has 1 aromatic heterocycles. The van der Waals surface area contributed by atoms with E-state index in [-0.39, 0.29) is 23.0 Å². The van der Waals surface area contributed by atoms with Gasteiger partial charge in [0.2, 0.25) is 17.6 Å². The molecule has 4 rings (SSSR count).